The number of hydrogen-bond acceptors (Lipinski definition) is 7. The van der Waals surface area contributed by atoms with Crippen LogP contribution in [0.3, 0.4) is 0 Å². The summed E-state index contributed by atoms with van der Waals surface area (Å²) in [5.41, 5.74) is 1.09. The Kier molecular flexibility index (Phi) is 4.44. The van der Waals surface area contributed by atoms with E-state index in [2.05, 4.69) is 20.2 Å². The minimum Gasteiger partial charge on any atom is -0.494 e. The highest BCUT2D eigenvalue weighted by Gasteiger charge is 2.16. The third kappa shape index (κ3) is 3.09. The van der Waals surface area contributed by atoms with Crippen LogP contribution in [0, 0.1) is 5.82 Å². The van der Waals surface area contributed by atoms with Crippen molar-refractivity contribution in [1.82, 2.24) is 20.2 Å². The Hall–Kier alpha value is -2.71. The van der Waals surface area contributed by atoms with E-state index in [4.69, 9.17) is 20.8 Å². The van der Waals surface area contributed by atoms with Gasteiger partial charge in [-0.2, -0.15) is 0 Å². The van der Waals surface area contributed by atoms with E-state index in [1.54, 1.807) is 18.2 Å². The molecule has 130 valence electrons. The number of rotatable bonds is 4. The van der Waals surface area contributed by atoms with Gasteiger partial charge in [0.25, 0.3) is 5.22 Å². The third-order valence-electron chi connectivity index (χ3n) is 3.57. The summed E-state index contributed by atoms with van der Waals surface area (Å²) in [6, 6.07) is 10.0. The first-order valence-corrected chi connectivity index (χ1v) is 8.59. The van der Waals surface area contributed by atoms with Crippen LogP contribution in [0.15, 0.2) is 57.4 Å². The van der Waals surface area contributed by atoms with Crippen LogP contribution >= 0.6 is 23.4 Å². The zero-order chi connectivity index (χ0) is 18.1. The molecule has 9 heteroatoms. The van der Waals surface area contributed by atoms with Crippen LogP contribution < -0.4 is 4.74 Å². The SMILES string of the molecule is COc1cc2c(Sc3nnc(-c4ccccc4Cl)o3)ncnc2cc1F. The van der Waals surface area contributed by atoms with Crippen molar-refractivity contribution in [2.75, 3.05) is 7.11 Å². The van der Waals surface area contributed by atoms with Gasteiger partial charge in [-0.25, -0.2) is 14.4 Å². The lowest BCUT2D eigenvalue weighted by atomic mass is 10.2. The van der Waals surface area contributed by atoms with Gasteiger partial charge < -0.3 is 9.15 Å². The average Bonchev–Trinajstić information content (AvgIpc) is 3.10. The largest absolute Gasteiger partial charge is 0.494 e. The molecule has 0 saturated carbocycles. The van der Waals surface area contributed by atoms with Crippen LogP contribution in [0.5, 0.6) is 5.75 Å². The standard InChI is InChI=1S/C17H10ClFN4O2S/c1-24-14-6-10-13(7-12(14)19)20-8-21-16(10)26-17-23-22-15(25-17)9-4-2-3-5-11(9)18/h2-8H,1H3. The van der Waals surface area contributed by atoms with Crippen molar-refractivity contribution < 1.29 is 13.5 Å². The first kappa shape index (κ1) is 16.7. The van der Waals surface area contributed by atoms with E-state index in [1.165, 1.54) is 19.5 Å². The minimum atomic E-state index is -0.492. The van der Waals surface area contributed by atoms with Crippen LogP contribution in [-0.4, -0.2) is 27.3 Å². The van der Waals surface area contributed by atoms with Crippen LogP contribution in [-0.2, 0) is 0 Å². The lowest BCUT2D eigenvalue weighted by molar-refractivity contribution is 0.387. The summed E-state index contributed by atoms with van der Waals surface area (Å²) < 4.78 is 24.6. The summed E-state index contributed by atoms with van der Waals surface area (Å²) in [5, 5.41) is 10.00. The third-order valence-corrected chi connectivity index (χ3v) is 4.75. The number of hydrogen-bond donors (Lipinski definition) is 0. The fourth-order valence-corrected chi connectivity index (χ4v) is 3.31. The molecule has 0 radical (unpaired) electrons. The highest BCUT2D eigenvalue weighted by Crippen LogP contribution is 2.35. The van der Waals surface area contributed by atoms with Crippen LogP contribution in [0.25, 0.3) is 22.4 Å². The molecule has 4 aromatic rings. The zero-order valence-corrected chi connectivity index (χ0v) is 14.9. The topological polar surface area (TPSA) is 73.9 Å². The van der Waals surface area contributed by atoms with E-state index in [0.717, 1.165) is 11.8 Å². The number of fused-ring (bicyclic) bond motifs is 1. The molecule has 0 unspecified atom stereocenters. The molecule has 0 aliphatic heterocycles. The number of ether oxygens (including phenoxy) is 1. The van der Waals surface area contributed by atoms with Crippen LogP contribution in [0.1, 0.15) is 0 Å². The highest BCUT2D eigenvalue weighted by atomic mass is 35.5. The number of aromatic nitrogens is 4. The molecule has 0 N–H and O–H groups in total. The second kappa shape index (κ2) is 6.89. The number of benzene rings is 2. The molecule has 0 atom stereocenters. The van der Waals surface area contributed by atoms with Gasteiger partial charge in [0.1, 0.15) is 11.4 Å². The molecule has 6 nitrogen and oxygen atoms in total. The summed E-state index contributed by atoms with van der Waals surface area (Å²) >= 11 is 7.30. The lowest BCUT2D eigenvalue weighted by Gasteiger charge is -2.06. The van der Waals surface area contributed by atoms with Gasteiger partial charge in [-0.15, -0.1) is 10.2 Å². The monoisotopic (exact) mass is 388 g/mol. The molecular formula is C17H10ClFN4O2S. The van der Waals surface area contributed by atoms with E-state index < -0.39 is 5.82 Å². The Morgan fingerprint density at radius 3 is 2.81 bits per heavy atom. The maximum Gasteiger partial charge on any atom is 0.283 e. The van der Waals surface area contributed by atoms with Crippen LogP contribution in [0.2, 0.25) is 5.02 Å². The van der Waals surface area contributed by atoms with Gasteiger partial charge in [0, 0.05) is 11.5 Å². The predicted molar refractivity (Wildman–Crippen MR) is 94.9 cm³/mol. The molecular weight excluding hydrogens is 379 g/mol. The molecule has 0 spiro atoms. The van der Waals surface area contributed by atoms with Crippen molar-refractivity contribution in [3.63, 3.8) is 0 Å². The van der Waals surface area contributed by atoms with Crippen molar-refractivity contribution in [3.05, 3.63) is 53.6 Å². The molecule has 0 aliphatic carbocycles. The number of nitrogens with zero attached hydrogens (tertiary/aromatic N) is 4. The maximum absolute atomic E-state index is 13.9. The Morgan fingerprint density at radius 1 is 1.15 bits per heavy atom. The summed E-state index contributed by atoms with van der Waals surface area (Å²) in [5.74, 6) is -0.0787. The van der Waals surface area contributed by atoms with Gasteiger partial charge in [-0.1, -0.05) is 23.7 Å². The van der Waals surface area contributed by atoms with Gasteiger partial charge in [0.2, 0.25) is 5.89 Å². The van der Waals surface area contributed by atoms with Crippen molar-refractivity contribution in [1.29, 1.82) is 0 Å². The van der Waals surface area contributed by atoms with Crippen molar-refractivity contribution in [3.8, 4) is 17.2 Å². The molecule has 26 heavy (non-hydrogen) atoms. The molecule has 4 rings (SSSR count). The maximum atomic E-state index is 13.9. The van der Waals surface area contributed by atoms with Gasteiger partial charge in [-0.3, -0.25) is 0 Å². The highest BCUT2D eigenvalue weighted by molar-refractivity contribution is 7.99. The fourth-order valence-electron chi connectivity index (χ4n) is 2.35. The zero-order valence-electron chi connectivity index (χ0n) is 13.3. The van der Waals surface area contributed by atoms with Gasteiger partial charge in [0.15, 0.2) is 11.6 Å². The molecule has 0 fully saturated rings. The summed E-state index contributed by atoms with van der Waals surface area (Å²) in [4.78, 5) is 8.31. The first-order valence-electron chi connectivity index (χ1n) is 7.40. The predicted octanol–water partition coefficient (Wildman–Crippen LogP) is 4.63. The molecule has 0 aliphatic rings. The molecule has 0 bridgehead atoms. The van der Waals surface area contributed by atoms with Gasteiger partial charge in [-0.05, 0) is 30.0 Å². The van der Waals surface area contributed by atoms with Crippen molar-refractivity contribution >= 4 is 34.3 Å². The molecule has 2 aromatic heterocycles. The minimum absolute atomic E-state index is 0.108. The van der Waals surface area contributed by atoms with E-state index in [9.17, 15) is 4.39 Å². The van der Waals surface area contributed by atoms with Gasteiger partial charge >= 0.3 is 0 Å². The Labute approximate surface area is 156 Å². The Morgan fingerprint density at radius 2 is 2.00 bits per heavy atom. The number of halogens is 2. The number of methoxy groups -OCH3 is 1. The molecule has 0 saturated heterocycles. The molecule has 0 amide bonds. The van der Waals surface area contributed by atoms with E-state index in [1.807, 2.05) is 12.1 Å². The second-order valence-electron chi connectivity index (χ2n) is 5.14. The molecule has 2 aromatic carbocycles. The molecule has 2 heterocycles. The smallest absolute Gasteiger partial charge is 0.283 e. The Balaban J connectivity index is 1.71. The lowest BCUT2D eigenvalue weighted by Crippen LogP contribution is -1.92. The second-order valence-corrected chi connectivity index (χ2v) is 6.49. The normalized spacial score (nSPS) is 11.0. The van der Waals surface area contributed by atoms with E-state index in [-0.39, 0.29) is 11.0 Å². The quantitative estimate of drug-likeness (QED) is 0.472. The summed E-state index contributed by atoms with van der Waals surface area (Å²) in [6.45, 7) is 0. The average molecular weight is 389 g/mol. The van der Waals surface area contributed by atoms with Gasteiger partial charge in [0.05, 0.1) is 23.2 Å². The van der Waals surface area contributed by atoms with Crippen molar-refractivity contribution in [2.24, 2.45) is 0 Å². The van der Waals surface area contributed by atoms with E-state index in [0.29, 0.717) is 32.4 Å². The fraction of sp³-hybridized carbons (Fsp3) is 0.0588. The summed E-state index contributed by atoms with van der Waals surface area (Å²) in [7, 11) is 1.40. The summed E-state index contributed by atoms with van der Waals surface area (Å²) in [6.07, 6.45) is 1.35. The van der Waals surface area contributed by atoms with Crippen LogP contribution in [0.4, 0.5) is 4.39 Å². The van der Waals surface area contributed by atoms with Crippen molar-refractivity contribution in [2.45, 2.75) is 10.2 Å². The van der Waals surface area contributed by atoms with E-state index >= 15 is 0 Å². The Bertz CT molecular complexity index is 1110. The first-order chi connectivity index (χ1) is 12.7.